The highest BCUT2D eigenvalue weighted by Gasteiger charge is 2.55. The lowest BCUT2D eigenvalue weighted by Gasteiger charge is -2.60. The maximum absolute atomic E-state index is 13.2. The molecule has 5 heterocycles. The molecule has 1 amide bonds. The Balaban J connectivity index is 0.661. The van der Waals surface area contributed by atoms with Crippen LogP contribution < -0.4 is 27.0 Å². The van der Waals surface area contributed by atoms with Crippen molar-refractivity contribution < 1.29 is 27.4 Å². The number of carbonyl (C=O) groups excluding carboxylic acids is 1. The number of rotatable bonds is 8. The average molecular weight is 886 g/mol. The Bertz CT molecular complexity index is 1720. The number of carbonyl (C=O) groups is 1. The van der Waals surface area contributed by atoms with E-state index in [0.717, 1.165) is 58.0 Å². The minimum atomic E-state index is -4.77. The van der Waals surface area contributed by atoms with E-state index in [2.05, 4.69) is 92.9 Å². The highest BCUT2D eigenvalue weighted by Crippen LogP contribution is 2.53. The van der Waals surface area contributed by atoms with Crippen LogP contribution >= 0.6 is 11.8 Å². The number of nitriles is 1. The molecule has 5 N–H and O–H groups in total. The number of hydrogen-bond donors (Lipinski definition) is 5. The molecule has 4 aliphatic carbocycles. The number of nitrogens with one attached hydrogen (secondary N) is 5. The molecule has 8 fully saturated rings. The number of alkyl halides is 3. The molecule has 11 unspecified atom stereocenters. The first-order chi connectivity index (χ1) is 29.8. The van der Waals surface area contributed by atoms with E-state index in [-0.39, 0.29) is 55.0 Å². The first-order valence-electron chi connectivity index (χ1n) is 24.2. The van der Waals surface area contributed by atoms with Crippen LogP contribution in [-0.4, -0.2) is 106 Å². The fraction of sp³-hybridized carbons (Fsp3) is 0.891. The molecule has 16 heteroatoms. The molecule has 62 heavy (non-hydrogen) atoms. The SMILES string of the molecule is CC[C@@H]1N=C(C2CCC(C#CC3CC4(C3)CN(C3CCC(C(=O)NC5CCC(OC6CCC(C#N)C(OC(F)(F)F)C6)CC5)NN3)C4)CC2)C2C(C)C(C)SC2N2C(C)NNC12. The average Bonchev–Trinajstić information content (AvgIpc) is 3.70. The Morgan fingerprint density at radius 2 is 1.65 bits per heavy atom. The van der Waals surface area contributed by atoms with Crippen LogP contribution in [0, 0.1) is 64.1 Å². The summed E-state index contributed by atoms with van der Waals surface area (Å²) in [5, 5.41) is 13.6. The van der Waals surface area contributed by atoms with E-state index in [1.807, 2.05) is 6.07 Å². The predicted molar refractivity (Wildman–Crippen MR) is 232 cm³/mol. The number of hydrogen-bond acceptors (Lipinski definition) is 12. The van der Waals surface area contributed by atoms with Gasteiger partial charge in [-0.05, 0) is 120 Å². The standard InChI is InChI=1S/C46H70F3N9O3S/c1-5-36-42-56-53-28(4)58(42)44-40(26(2)27(3)62-44)41(52-36)31-10-8-29(9-11-31)6-7-30-21-45(22-30)24-57(25-45)39-19-18-37(54-55-39)43(59)51-33-13-16-34(17-14-33)60-35-15-12-32(23-50)38(20-35)61-46(47,48)49/h26-40,42,44,53-56H,5,8-22,24-25H2,1-4H3,(H,51,59)/t26?,27?,28?,29?,31?,32?,33?,34?,35?,36-,37?,38?,39?,40?,42?,44?/m0/s1. The first kappa shape index (κ1) is 45.2. The number of aliphatic imine (C=N–C) groups is 1. The Morgan fingerprint density at radius 1 is 0.919 bits per heavy atom. The van der Waals surface area contributed by atoms with Gasteiger partial charge in [-0.1, -0.05) is 32.6 Å². The maximum Gasteiger partial charge on any atom is 0.522 e. The Kier molecular flexibility index (Phi) is 13.6. The van der Waals surface area contributed by atoms with Crippen LogP contribution in [0.25, 0.3) is 0 Å². The normalized spacial score (nSPS) is 43.7. The first-order valence-corrected chi connectivity index (χ1v) is 25.1. The van der Waals surface area contributed by atoms with E-state index in [1.54, 1.807) is 0 Å². The minimum Gasteiger partial charge on any atom is -0.375 e. The quantitative estimate of drug-likeness (QED) is 0.179. The summed E-state index contributed by atoms with van der Waals surface area (Å²) < 4.78 is 49.2. The Labute approximate surface area is 371 Å². The molecule has 344 valence electrons. The molecule has 4 saturated heterocycles. The number of halogens is 3. The van der Waals surface area contributed by atoms with Gasteiger partial charge in [-0.15, -0.1) is 24.9 Å². The van der Waals surface area contributed by atoms with E-state index in [0.29, 0.717) is 64.6 Å². The van der Waals surface area contributed by atoms with Gasteiger partial charge >= 0.3 is 6.36 Å². The lowest BCUT2D eigenvalue weighted by molar-refractivity contribution is -0.351. The summed E-state index contributed by atoms with van der Waals surface area (Å²) >= 11 is 2.17. The van der Waals surface area contributed by atoms with Gasteiger partial charge in [0.15, 0.2) is 0 Å². The van der Waals surface area contributed by atoms with E-state index in [9.17, 15) is 23.2 Å². The summed E-state index contributed by atoms with van der Waals surface area (Å²) in [4.78, 5) is 24.1. The zero-order valence-corrected chi connectivity index (χ0v) is 37.9. The van der Waals surface area contributed by atoms with Gasteiger partial charge in [0.2, 0.25) is 5.91 Å². The van der Waals surface area contributed by atoms with Crippen LogP contribution in [0.3, 0.4) is 0 Å². The molecule has 0 aromatic carbocycles. The van der Waals surface area contributed by atoms with Crippen LogP contribution in [0.4, 0.5) is 13.2 Å². The minimum absolute atomic E-state index is 0.00985. The van der Waals surface area contributed by atoms with Crippen LogP contribution in [0.2, 0.25) is 0 Å². The fourth-order valence-corrected chi connectivity index (χ4v) is 14.7. The lowest BCUT2D eigenvalue weighted by atomic mass is 9.57. The molecule has 1 spiro atoms. The van der Waals surface area contributed by atoms with Crippen molar-refractivity contribution in [2.45, 2.75) is 202 Å². The second-order valence-electron chi connectivity index (χ2n) is 20.7. The summed E-state index contributed by atoms with van der Waals surface area (Å²) in [5.74, 6) is 9.50. The van der Waals surface area contributed by atoms with Crippen molar-refractivity contribution in [3.05, 3.63) is 0 Å². The monoisotopic (exact) mass is 886 g/mol. The third-order valence-electron chi connectivity index (χ3n) is 16.5. The van der Waals surface area contributed by atoms with Gasteiger partial charge in [0.1, 0.15) is 6.04 Å². The molecule has 0 radical (unpaired) electrons. The van der Waals surface area contributed by atoms with Crippen molar-refractivity contribution in [2.75, 3.05) is 13.1 Å². The van der Waals surface area contributed by atoms with Gasteiger partial charge in [-0.2, -0.15) is 5.26 Å². The number of thioether (sulfide) groups is 1. The topological polar surface area (TPSA) is 138 Å². The van der Waals surface area contributed by atoms with Crippen molar-refractivity contribution in [2.24, 2.45) is 45.9 Å². The summed E-state index contributed by atoms with van der Waals surface area (Å²) in [6, 6.07) is 2.01. The van der Waals surface area contributed by atoms with Crippen molar-refractivity contribution in [1.29, 1.82) is 5.26 Å². The van der Waals surface area contributed by atoms with Crippen molar-refractivity contribution in [1.82, 2.24) is 36.8 Å². The summed E-state index contributed by atoms with van der Waals surface area (Å²) in [5.41, 5.74) is 15.8. The largest absolute Gasteiger partial charge is 0.522 e. The highest BCUT2D eigenvalue weighted by atomic mass is 32.2. The van der Waals surface area contributed by atoms with E-state index >= 15 is 0 Å². The number of hydrazine groups is 2. The van der Waals surface area contributed by atoms with E-state index < -0.39 is 18.4 Å². The van der Waals surface area contributed by atoms with Crippen molar-refractivity contribution >= 4 is 23.4 Å². The molecule has 4 saturated carbocycles. The van der Waals surface area contributed by atoms with Crippen LogP contribution in [-0.2, 0) is 14.3 Å². The zero-order valence-electron chi connectivity index (χ0n) is 37.1. The Morgan fingerprint density at radius 3 is 2.32 bits per heavy atom. The van der Waals surface area contributed by atoms with Gasteiger partial charge in [0, 0.05) is 54.3 Å². The molecule has 0 aromatic rings. The molecule has 12 atom stereocenters. The molecule has 9 rings (SSSR count). The summed E-state index contributed by atoms with van der Waals surface area (Å²) in [6.45, 7) is 11.7. The third kappa shape index (κ3) is 9.62. The molecule has 0 bridgehead atoms. The highest BCUT2D eigenvalue weighted by molar-refractivity contribution is 8.00. The molecule has 0 aromatic heterocycles. The third-order valence-corrected chi connectivity index (χ3v) is 18.2. The number of ether oxygens (including phenoxy) is 2. The smallest absolute Gasteiger partial charge is 0.375 e. The van der Waals surface area contributed by atoms with Gasteiger partial charge in [-0.3, -0.25) is 24.3 Å². The lowest BCUT2D eigenvalue weighted by Crippen LogP contribution is -2.70. The van der Waals surface area contributed by atoms with Gasteiger partial charge < -0.3 is 10.1 Å². The molecule has 9 aliphatic rings. The maximum atomic E-state index is 13.2. The zero-order chi connectivity index (χ0) is 43.3. The van der Waals surface area contributed by atoms with Crippen molar-refractivity contribution in [3.63, 3.8) is 0 Å². The second kappa shape index (κ2) is 18.7. The van der Waals surface area contributed by atoms with Crippen LogP contribution in [0.15, 0.2) is 4.99 Å². The number of amides is 1. The molecular formula is C46H70F3N9O3S. The van der Waals surface area contributed by atoms with E-state index in [1.165, 1.54) is 44.2 Å². The number of nitrogens with zero attached hydrogens (tertiary/aromatic N) is 4. The number of fused-ring (bicyclic) bond motifs is 3. The van der Waals surface area contributed by atoms with Crippen LogP contribution in [0.1, 0.15) is 130 Å². The van der Waals surface area contributed by atoms with Gasteiger partial charge in [0.25, 0.3) is 0 Å². The Hall–Kier alpha value is -1.99. The predicted octanol–water partition coefficient (Wildman–Crippen LogP) is 6.16. The molecular weight excluding hydrogens is 816 g/mol. The molecule has 5 aliphatic heterocycles. The van der Waals surface area contributed by atoms with Gasteiger partial charge in [0.05, 0.1) is 60.2 Å². The summed E-state index contributed by atoms with van der Waals surface area (Å²) in [6.07, 6.45) is 8.31. The molecule has 12 nitrogen and oxygen atoms in total. The summed E-state index contributed by atoms with van der Waals surface area (Å²) in [7, 11) is 0. The number of likely N-dealkylation sites (tertiary alicyclic amines) is 1. The van der Waals surface area contributed by atoms with Crippen molar-refractivity contribution in [3.8, 4) is 17.9 Å². The van der Waals surface area contributed by atoms with E-state index in [4.69, 9.17) is 9.73 Å². The van der Waals surface area contributed by atoms with Crippen LogP contribution in [0.5, 0.6) is 0 Å². The van der Waals surface area contributed by atoms with Gasteiger partial charge in [-0.25, -0.2) is 21.7 Å². The fourth-order valence-electron chi connectivity index (χ4n) is 12.8. The second-order valence-corrected chi connectivity index (χ2v) is 22.2.